The Labute approximate surface area is 119 Å². The molecule has 2 rings (SSSR count). The molecule has 0 aliphatic carbocycles. The second-order valence-corrected chi connectivity index (χ2v) is 5.13. The summed E-state index contributed by atoms with van der Waals surface area (Å²) in [5.41, 5.74) is -0.167. The third-order valence-electron chi connectivity index (χ3n) is 2.72. The van der Waals surface area contributed by atoms with Crippen molar-refractivity contribution in [3.05, 3.63) is 34.3 Å². The molecule has 0 aromatic carbocycles. The van der Waals surface area contributed by atoms with Gasteiger partial charge in [-0.15, -0.1) is 16.4 Å². The summed E-state index contributed by atoms with van der Waals surface area (Å²) in [6, 6.07) is 3.91. The van der Waals surface area contributed by atoms with E-state index in [-0.39, 0.29) is 18.1 Å². The van der Waals surface area contributed by atoms with Crippen LogP contribution in [0, 0.1) is 0 Å². The molecule has 8 heteroatoms. The number of aromatic carboxylic acids is 1. The van der Waals surface area contributed by atoms with E-state index < -0.39 is 5.97 Å². The minimum Gasteiger partial charge on any atom is -0.476 e. The zero-order chi connectivity index (χ0) is 14.5. The first kappa shape index (κ1) is 14.2. The van der Waals surface area contributed by atoms with Crippen LogP contribution in [0.1, 0.15) is 22.3 Å². The molecule has 0 spiro atoms. The number of carboxylic acids is 1. The Bertz CT molecular complexity index is 594. The summed E-state index contributed by atoms with van der Waals surface area (Å²) in [6.45, 7) is 3.01. The molecule has 0 radical (unpaired) electrons. The van der Waals surface area contributed by atoms with E-state index in [1.807, 2.05) is 24.4 Å². The Hall–Kier alpha value is -2.22. The fourth-order valence-electron chi connectivity index (χ4n) is 1.68. The van der Waals surface area contributed by atoms with E-state index in [0.29, 0.717) is 13.1 Å². The number of thiophene rings is 1. The summed E-state index contributed by atoms with van der Waals surface area (Å²) >= 11 is 1.59. The van der Waals surface area contributed by atoms with Crippen LogP contribution in [0.2, 0.25) is 0 Å². The van der Waals surface area contributed by atoms with Crippen molar-refractivity contribution in [1.82, 2.24) is 19.9 Å². The van der Waals surface area contributed by atoms with E-state index in [1.54, 1.807) is 16.2 Å². The minimum absolute atomic E-state index is 0.0144. The van der Waals surface area contributed by atoms with Crippen molar-refractivity contribution >= 4 is 23.2 Å². The van der Waals surface area contributed by atoms with Gasteiger partial charge in [-0.2, -0.15) is 0 Å². The van der Waals surface area contributed by atoms with E-state index in [2.05, 4.69) is 10.3 Å². The van der Waals surface area contributed by atoms with Gasteiger partial charge in [-0.25, -0.2) is 9.48 Å². The maximum Gasteiger partial charge on any atom is 0.358 e. The number of carbonyl (C=O) groups excluding carboxylic acids is 1. The lowest BCUT2D eigenvalue weighted by Gasteiger charge is -2.19. The van der Waals surface area contributed by atoms with Crippen LogP contribution in [-0.2, 0) is 17.9 Å². The van der Waals surface area contributed by atoms with Crippen molar-refractivity contribution in [3.8, 4) is 0 Å². The van der Waals surface area contributed by atoms with E-state index in [4.69, 9.17) is 5.11 Å². The molecule has 0 atom stereocenters. The Balaban J connectivity index is 1.99. The van der Waals surface area contributed by atoms with Crippen molar-refractivity contribution in [2.45, 2.75) is 20.0 Å². The van der Waals surface area contributed by atoms with Crippen molar-refractivity contribution in [1.29, 1.82) is 0 Å². The second-order valence-electron chi connectivity index (χ2n) is 4.09. The lowest BCUT2D eigenvalue weighted by atomic mass is 10.4. The fourth-order valence-corrected chi connectivity index (χ4v) is 2.40. The van der Waals surface area contributed by atoms with Gasteiger partial charge in [0.1, 0.15) is 6.54 Å². The third kappa shape index (κ3) is 3.41. The average molecular weight is 294 g/mol. The number of hydrogen-bond acceptors (Lipinski definition) is 5. The summed E-state index contributed by atoms with van der Waals surface area (Å²) < 4.78 is 1.24. The number of hydrogen-bond donors (Lipinski definition) is 1. The van der Waals surface area contributed by atoms with E-state index in [9.17, 15) is 9.59 Å². The van der Waals surface area contributed by atoms with E-state index >= 15 is 0 Å². The Morgan fingerprint density at radius 2 is 2.30 bits per heavy atom. The zero-order valence-electron chi connectivity index (χ0n) is 10.9. The molecule has 2 aromatic heterocycles. The topological polar surface area (TPSA) is 88.3 Å². The van der Waals surface area contributed by atoms with Crippen molar-refractivity contribution in [2.75, 3.05) is 6.54 Å². The van der Waals surface area contributed by atoms with Crippen LogP contribution in [0.3, 0.4) is 0 Å². The van der Waals surface area contributed by atoms with Crippen molar-refractivity contribution < 1.29 is 14.7 Å². The number of likely N-dealkylation sites (N-methyl/N-ethyl adjacent to an activating group) is 1. The number of carboxylic acid groups (broad SMARTS) is 1. The highest BCUT2D eigenvalue weighted by Gasteiger charge is 2.15. The molecule has 1 amide bonds. The second kappa shape index (κ2) is 6.29. The van der Waals surface area contributed by atoms with Gasteiger partial charge in [-0.05, 0) is 18.4 Å². The first-order valence-corrected chi connectivity index (χ1v) is 6.91. The summed E-state index contributed by atoms with van der Waals surface area (Å²) in [4.78, 5) is 25.6. The summed E-state index contributed by atoms with van der Waals surface area (Å²) in [6.07, 6.45) is 1.25. The zero-order valence-corrected chi connectivity index (χ0v) is 11.7. The molecular formula is C12H14N4O3S. The standard InChI is InChI=1S/C12H14N4O3S/c1-2-15(6-9-4-3-5-20-9)11(17)8-16-7-10(12(18)19)13-14-16/h3-5,7H,2,6,8H2,1H3,(H,18,19). The molecule has 0 bridgehead atoms. The maximum atomic E-state index is 12.1. The van der Waals surface area contributed by atoms with Gasteiger partial charge in [-0.1, -0.05) is 11.3 Å². The SMILES string of the molecule is CCN(Cc1cccs1)C(=O)Cn1cc(C(=O)O)nn1. The van der Waals surface area contributed by atoms with Crippen molar-refractivity contribution in [3.63, 3.8) is 0 Å². The predicted octanol–water partition coefficient (Wildman–Crippen LogP) is 1.09. The van der Waals surface area contributed by atoms with Crippen LogP contribution in [-0.4, -0.2) is 43.4 Å². The fraction of sp³-hybridized carbons (Fsp3) is 0.333. The van der Waals surface area contributed by atoms with Crippen LogP contribution >= 0.6 is 11.3 Å². The van der Waals surface area contributed by atoms with Gasteiger partial charge in [0.2, 0.25) is 5.91 Å². The quantitative estimate of drug-likeness (QED) is 0.861. The molecule has 0 saturated heterocycles. The summed E-state index contributed by atoms with van der Waals surface area (Å²) in [5, 5.41) is 17.8. The molecule has 20 heavy (non-hydrogen) atoms. The first-order chi connectivity index (χ1) is 9.60. The van der Waals surface area contributed by atoms with Crippen LogP contribution in [0.15, 0.2) is 23.7 Å². The molecule has 1 N–H and O–H groups in total. The predicted molar refractivity (Wildman–Crippen MR) is 72.4 cm³/mol. The summed E-state index contributed by atoms with van der Waals surface area (Å²) in [5.74, 6) is -1.28. The number of nitrogens with zero attached hydrogens (tertiary/aromatic N) is 4. The van der Waals surface area contributed by atoms with Gasteiger partial charge in [0.25, 0.3) is 0 Å². The van der Waals surface area contributed by atoms with Gasteiger partial charge in [0.15, 0.2) is 5.69 Å². The van der Waals surface area contributed by atoms with Crippen LogP contribution < -0.4 is 0 Å². The van der Waals surface area contributed by atoms with E-state index in [0.717, 1.165) is 4.88 Å². The lowest BCUT2D eigenvalue weighted by molar-refractivity contribution is -0.132. The molecule has 2 aromatic rings. The third-order valence-corrected chi connectivity index (χ3v) is 3.58. The molecule has 7 nitrogen and oxygen atoms in total. The molecule has 0 unspecified atom stereocenters. The Kier molecular flexibility index (Phi) is 4.46. The Morgan fingerprint density at radius 3 is 2.85 bits per heavy atom. The van der Waals surface area contributed by atoms with Gasteiger partial charge in [-0.3, -0.25) is 4.79 Å². The van der Waals surface area contributed by atoms with Crippen LogP contribution in [0.25, 0.3) is 0 Å². The number of carbonyl (C=O) groups is 2. The molecule has 0 aliphatic heterocycles. The average Bonchev–Trinajstić information content (AvgIpc) is 3.06. The van der Waals surface area contributed by atoms with Crippen LogP contribution in [0.4, 0.5) is 0 Å². The van der Waals surface area contributed by atoms with Crippen LogP contribution in [0.5, 0.6) is 0 Å². The highest BCUT2D eigenvalue weighted by atomic mass is 32.1. The normalized spacial score (nSPS) is 10.4. The molecule has 0 aliphatic rings. The number of aromatic nitrogens is 3. The largest absolute Gasteiger partial charge is 0.476 e. The molecule has 0 saturated carbocycles. The van der Waals surface area contributed by atoms with E-state index in [1.165, 1.54) is 10.9 Å². The van der Waals surface area contributed by atoms with Gasteiger partial charge in [0.05, 0.1) is 12.7 Å². The van der Waals surface area contributed by atoms with Gasteiger partial charge in [0, 0.05) is 11.4 Å². The maximum absolute atomic E-state index is 12.1. The lowest BCUT2D eigenvalue weighted by Crippen LogP contribution is -2.33. The smallest absolute Gasteiger partial charge is 0.358 e. The number of rotatable bonds is 6. The Morgan fingerprint density at radius 1 is 1.50 bits per heavy atom. The molecule has 106 valence electrons. The highest BCUT2D eigenvalue weighted by molar-refractivity contribution is 7.09. The van der Waals surface area contributed by atoms with Crippen molar-refractivity contribution in [2.24, 2.45) is 0 Å². The van der Waals surface area contributed by atoms with Gasteiger partial charge >= 0.3 is 5.97 Å². The molecule has 2 heterocycles. The molecular weight excluding hydrogens is 280 g/mol. The summed E-state index contributed by atoms with van der Waals surface area (Å²) in [7, 11) is 0. The first-order valence-electron chi connectivity index (χ1n) is 6.03. The molecule has 0 fully saturated rings. The number of amides is 1. The minimum atomic E-state index is -1.16. The highest BCUT2D eigenvalue weighted by Crippen LogP contribution is 2.12. The monoisotopic (exact) mass is 294 g/mol. The van der Waals surface area contributed by atoms with Gasteiger partial charge < -0.3 is 10.0 Å².